The molecule has 0 spiro atoms. The summed E-state index contributed by atoms with van der Waals surface area (Å²) in [7, 11) is 1.40. The Balaban J connectivity index is 2.43. The fourth-order valence-electron chi connectivity index (χ4n) is 1.63. The minimum Gasteiger partial charge on any atom is -0.494 e. The van der Waals surface area contributed by atoms with E-state index in [2.05, 4.69) is 5.32 Å². The average Bonchev–Trinajstić information content (AvgIpc) is 2.41. The van der Waals surface area contributed by atoms with Crippen molar-refractivity contribution in [3.8, 4) is 5.75 Å². The van der Waals surface area contributed by atoms with E-state index < -0.39 is 5.82 Å². The quantitative estimate of drug-likeness (QED) is 0.594. The van der Waals surface area contributed by atoms with Gasteiger partial charge in [0.1, 0.15) is 0 Å². The number of carbonyl (C=O) groups excluding carboxylic acids is 1. The van der Waals surface area contributed by atoms with Gasteiger partial charge in [-0.15, -0.1) is 0 Å². The first-order valence-electron chi connectivity index (χ1n) is 6.50. The maximum absolute atomic E-state index is 13.4. The van der Waals surface area contributed by atoms with E-state index >= 15 is 0 Å². The van der Waals surface area contributed by atoms with Gasteiger partial charge in [-0.05, 0) is 43.5 Å². The van der Waals surface area contributed by atoms with Gasteiger partial charge in [0.25, 0.3) is 0 Å². The van der Waals surface area contributed by atoms with Crippen LogP contribution in [0, 0.1) is 5.82 Å². The molecule has 1 aromatic carbocycles. The Kier molecular flexibility index (Phi) is 6.73. The highest BCUT2D eigenvalue weighted by Crippen LogP contribution is 2.18. The van der Waals surface area contributed by atoms with Crippen molar-refractivity contribution in [3.63, 3.8) is 0 Å². The number of amides is 1. The molecule has 4 nitrogen and oxygen atoms in total. The summed E-state index contributed by atoms with van der Waals surface area (Å²) >= 11 is 0. The summed E-state index contributed by atoms with van der Waals surface area (Å²) < 4.78 is 18.2. The third-order valence-electron chi connectivity index (χ3n) is 2.70. The standard InChI is InChI=1S/C15H20FNO3/c1-11(18)4-3-9-17-15(19)8-6-12-5-7-14(20-2)13(16)10-12/h5-8,10-11,18H,3-4,9H2,1-2H3,(H,17,19)/b8-6+. The molecular formula is C15H20FNO3. The molecule has 1 unspecified atom stereocenters. The van der Waals surface area contributed by atoms with Crippen molar-refractivity contribution in [1.82, 2.24) is 5.32 Å². The van der Waals surface area contributed by atoms with Crippen LogP contribution in [0.5, 0.6) is 5.75 Å². The van der Waals surface area contributed by atoms with E-state index in [0.717, 1.165) is 0 Å². The normalized spacial score (nSPS) is 12.4. The summed E-state index contributed by atoms with van der Waals surface area (Å²) in [6.07, 6.45) is 3.89. The Bertz CT molecular complexity index is 472. The van der Waals surface area contributed by atoms with Crippen LogP contribution in [0.3, 0.4) is 0 Å². The van der Waals surface area contributed by atoms with Crippen LogP contribution in [0.25, 0.3) is 6.08 Å². The summed E-state index contributed by atoms with van der Waals surface area (Å²) in [5.41, 5.74) is 0.586. The van der Waals surface area contributed by atoms with Gasteiger partial charge in [0.05, 0.1) is 13.2 Å². The maximum atomic E-state index is 13.4. The number of methoxy groups -OCH3 is 1. The van der Waals surface area contributed by atoms with Crippen molar-refractivity contribution in [3.05, 3.63) is 35.7 Å². The molecule has 110 valence electrons. The molecule has 1 amide bonds. The van der Waals surface area contributed by atoms with Crippen LogP contribution in [0.4, 0.5) is 4.39 Å². The lowest BCUT2D eigenvalue weighted by molar-refractivity contribution is -0.116. The maximum Gasteiger partial charge on any atom is 0.243 e. The highest BCUT2D eigenvalue weighted by molar-refractivity contribution is 5.91. The van der Waals surface area contributed by atoms with Crippen LogP contribution in [-0.4, -0.2) is 30.8 Å². The first-order chi connectivity index (χ1) is 9.52. The second kappa shape index (κ2) is 8.32. The first kappa shape index (κ1) is 16.2. The monoisotopic (exact) mass is 281 g/mol. The molecule has 0 radical (unpaired) electrons. The van der Waals surface area contributed by atoms with Crippen LogP contribution >= 0.6 is 0 Å². The Morgan fingerprint density at radius 1 is 1.55 bits per heavy atom. The van der Waals surface area contributed by atoms with Gasteiger partial charge in [-0.3, -0.25) is 4.79 Å². The Labute approximate surface area is 118 Å². The molecule has 2 N–H and O–H groups in total. The van der Waals surface area contributed by atoms with E-state index in [1.165, 1.54) is 31.4 Å². The van der Waals surface area contributed by atoms with Gasteiger partial charge in [0.15, 0.2) is 11.6 Å². The number of benzene rings is 1. The van der Waals surface area contributed by atoms with E-state index in [4.69, 9.17) is 9.84 Å². The van der Waals surface area contributed by atoms with Crippen LogP contribution in [0.15, 0.2) is 24.3 Å². The van der Waals surface area contributed by atoms with Crippen molar-refractivity contribution in [2.24, 2.45) is 0 Å². The van der Waals surface area contributed by atoms with Gasteiger partial charge >= 0.3 is 0 Å². The largest absolute Gasteiger partial charge is 0.494 e. The molecule has 5 heteroatoms. The average molecular weight is 281 g/mol. The van der Waals surface area contributed by atoms with E-state index in [1.807, 2.05) is 0 Å². The Hall–Kier alpha value is -1.88. The number of rotatable bonds is 7. The highest BCUT2D eigenvalue weighted by Gasteiger charge is 2.02. The first-order valence-corrected chi connectivity index (χ1v) is 6.50. The predicted molar refractivity (Wildman–Crippen MR) is 75.9 cm³/mol. The fraction of sp³-hybridized carbons (Fsp3) is 0.400. The van der Waals surface area contributed by atoms with Crippen molar-refractivity contribution in [1.29, 1.82) is 0 Å². The molecule has 0 saturated carbocycles. The molecule has 1 rings (SSSR count). The topological polar surface area (TPSA) is 58.6 Å². The molecule has 0 aliphatic heterocycles. The number of ether oxygens (including phenoxy) is 1. The third-order valence-corrected chi connectivity index (χ3v) is 2.70. The van der Waals surface area contributed by atoms with Crippen LogP contribution in [-0.2, 0) is 4.79 Å². The summed E-state index contributed by atoms with van der Waals surface area (Å²) in [6, 6.07) is 4.48. The summed E-state index contributed by atoms with van der Waals surface area (Å²) in [5.74, 6) is -0.538. The number of nitrogens with one attached hydrogen (secondary N) is 1. The zero-order chi connectivity index (χ0) is 15.0. The number of carbonyl (C=O) groups is 1. The lowest BCUT2D eigenvalue weighted by Gasteiger charge is -2.04. The molecule has 1 aromatic rings. The smallest absolute Gasteiger partial charge is 0.243 e. The number of halogens is 1. The molecule has 0 saturated heterocycles. The Morgan fingerprint density at radius 2 is 2.30 bits per heavy atom. The lowest BCUT2D eigenvalue weighted by Crippen LogP contribution is -2.22. The second-order valence-corrected chi connectivity index (χ2v) is 4.51. The van der Waals surface area contributed by atoms with E-state index in [1.54, 1.807) is 13.0 Å². The van der Waals surface area contributed by atoms with E-state index in [9.17, 15) is 9.18 Å². The zero-order valence-electron chi connectivity index (χ0n) is 11.7. The zero-order valence-corrected chi connectivity index (χ0v) is 11.7. The second-order valence-electron chi connectivity index (χ2n) is 4.51. The minimum atomic E-state index is -0.466. The molecule has 0 aliphatic rings. The number of aliphatic hydroxyl groups excluding tert-OH is 1. The molecular weight excluding hydrogens is 261 g/mol. The van der Waals surface area contributed by atoms with Crippen molar-refractivity contribution in [2.45, 2.75) is 25.9 Å². The third kappa shape index (κ3) is 5.84. The van der Waals surface area contributed by atoms with Gasteiger partial charge < -0.3 is 15.2 Å². The van der Waals surface area contributed by atoms with Crippen LogP contribution in [0.2, 0.25) is 0 Å². The van der Waals surface area contributed by atoms with Crippen molar-refractivity contribution in [2.75, 3.05) is 13.7 Å². The lowest BCUT2D eigenvalue weighted by atomic mass is 10.2. The number of aliphatic hydroxyl groups is 1. The van der Waals surface area contributed by atoms with Crippen molar-refractivity contribution >= 4 is 12.0 Å². The SMILES string of the molecule is COc1ccc(/C=C/C(=O)NCCCC(C)O)cc1F. The van der Waals surface area contributed by atoms with Crippen LogP contribution < -0.4 is 10.1 Å². The van der Waals surface area contributed by atoms with Gasteiger partial charge in [-0.2, -0.15) is 0 Å². The molecule has 20 heavy (non-hydrogen) atoms. The molecule has 1 atom stereocenters. The van der Waals surface area contributed by atoms with Crippen LogP contribution in [0.1, 0.15) is 25.3 Å². The van der Waals surface area contributed by atoms with Gasteiger partial charge in [0, 0.05) is 12.6 Å². The van der Waals surface area contributed by atoms with E-state index in [0.29, 0.717) is 24.9 Å². The van der Waals surface area contributed by atoms with Gasteiger partial charge in [-0.1, -0.05) is 6.07 Å². The number of hydrogen-bond donors (Lipinski definition) is 2. The van der Waals surface area contributed by atoms with Gasteiger partial charge in [0.2, 0.25) is 5.91 Å². The van der Waals surface area contributed by atoms with Crippen molar-refractivity contribution < 1.29 is 19.0 Å². The highest BCUT2D eigenvalue weighted by atomic mass is 19.1. The van der Waals surface area contributed by atoms with Gasteiger partial charge in [-0.25, -0.2) is 4.39 Å². The minimum absolute atomic E-state index is 0.171. The summed E-state index contributed by atoms with van der Waals surface area (Å²) in [5, 5.41) is 11.8. The number of hydrogen-bond acceptors (Lipinski definition) is 3. The Morgan fingerprint density at radius 3 is 2.90 bits per heavy atom. The molecule has 0 aromatic heterocycles. The fourth-order valence-corrected chi connectivity index (χ4v) is 1.63. The molecule has 0 bridgehead atoms. The van der Waals surface area contributed by atoms with E-state index in [-0.39, 0.29) is 17.8 Å². The molecule has 0 aliphatic carbocycles. The summed E-state index contributed by atoms with van der Waals surface area (Å²) in [4.78, 5) is 11.5. The predicted octanol–water partition coefficient (Wildman–Crippen LogP) is 2.12. The molecule has 0 fully saturated rings. The molecule has 0 heterocycles. The summed E-state index contributed by atoms with van der Waals surface area (Å²) in [6.45, 7) is 2.21.